The minimum Gasteiger partial charge on any atom is -0.457 e. The third kappa shape index (κ3) is 18.4. The van der Waals surface area contributed by atoms with Gasteiger partial charge in [0.15, 0.2) is 0 Å². The first kappa shape index (κ1) is 80.6. The fourth-order valence-electron chi connectivity index (χ4n) is 13.5. The summed E-state index contributed by atoms with van der Waals surface area (Å²) >= 11 is 18.1. The molecule has 0 radical (unpaired) electrons. The average Bonchev–Trinajstić information content (AvgIpc) is 1.18. The first-order valence-corrected chi connectivity index (χ1v) is 36.6. The summed E-state index contributed by atoms with van der Waals surface area (Å²) in [6.45, 7) is 6.30. The van der Waals surface area contributed by atoms with Crippen LogP contribution in [0.1, 0.15) is 44.3 Å². The predicted octanol–water partition coefficient (Wildman–Crippen LogP) is 17.2. The number of halogens is 5. The summed E-state index contributed by atoms with van der Waals surface area (Å²) in [5, 5.41) is 50.3. The number of nitrogens with one attached hydrogen (secondary N) is 1. The van der Waals surface area contributed by atoms with E-state index in [2.05, 4.69) is 35.1 Å². The molecule has 1 N–H and O–H groups in total. The molecule has 115 heavy (non-hydrogen) atoms. The Morgan fingerprint density at radius 1 is 0.461 bits per heavy atom. The topological polar surface area (TPSA) is 318 Å². The molecule has 8 heterocycles. The molecule has 8 aromatic carbocycles. The molecule has 3 aliphatic rings. The van der Waals surface area contributed by atoms with Crippen molar-refractivity contribution in [2.45, 2.75) is 7.43 Å². The number of aromatic nitrogens is 4. The SMILES string of the molecule is C.N#C/C(=C\c1ccc(-c2cc(Cl)ccc2Cl)o1)C(=O)Nc1cccc2ncccc12.O=C(c1ccc(Cl)cc1)N1CCN(c2ccc([N+](=O)[O-])c3ncccc23)CC1.O=C(c1ccccc1F)N1CCN(c2ccc([N+](=O)[O-])c3cccnc23)CC1.O=C(c1ccccc1F)N1CCN(c2ccnc3c([N+](=O)[O-])cccc23)CC1. The number of benzene rings is 8. The van der Waals surface area contributed by atoms with E-state index in [-0.39, 0.29) is 58.9 Å². The lowest BCUT2D eigenvalue weighted by Crippen LogP contribution is -2.49. The maximum atomic E-state index is 13.9. The lowest BCUT2D eigenvalue weighted by molar-refractivity contribution is -0.383. The van der Waals surface area contributed by atoms with Crippen molar-refractivity contribution in [2.24, 2.45) is 0 Å². The monoisotopic (exact) mass is 1610 g/mol. The molecule has 4 amide bonds. The van der Waals surface area contributed by atoms with Crippen LogP contribution in [0.2, 0.25) is 15.1 Å². The van der Waals surface area contributed by atoms with Crippen LogP contribution >= 0.6 is 34.8 Å². The maximum absolute atomic E-state index is 13.9. The highest BCUT2D eigenvalue weighted by Crippen LogP contribution is 2.38. The molecule has 0 aliphatic carbocycles. The van der Waals surface area contributed by atoms with Gasteiger partial charge >= 0.3 is 0 Å². The lowest BCUT2D eigenvalue weighted by Gasteiger charge is -2.36. The summed E-state index contributed by atoms with van der Waals surface area (Å²) in [4.78, 5) is 111. The van der Waals surface area contributed by atoms with E-state index >= 15 is 0 Å². The summed E-state index contributed by atoms with van der Waals surface area (Å²) < 4.78 is 33.5. The van der Waals surface area contributed by atoms with Crippen molar-refractivity contribution in [2.75, 3.05) is 98.6 Å². The number of hydrogen-bond donors (Lipinski definition) is 1. The van der Waals surface area contributed by atoms with Gasteiger partial charge in [-0.3, -0.25) is 59.5 Å². The molecule has 26 nitrogen and oxygen atoms in total. The van der Waals surface area contributed by atoms with Crippen LogP contribution in [-0.4, -0.2) is 152 Å². The standard InChI is InChI=1S/C23H13Cl2N3O2.C20H17ClN4O3.2C20H17FN4O3.CH4/c24-15-6-8-19(25)18(12-15)22-9-7-16(30-22)11-14(13-26)23(29)28-21-5-1-4-20-17(21)3-2-10-27-20;21-15-5-3-14(4-6-15)20(26)24-12-10-23(11-13-24)17-7-8-18(25(27)28)19-16(17)2-1-9-22-19;21-16-6-2-1-4-14(16)20(26)24-12-10-23(11-13-24)18-8-7-17(25(27)28)15-5-3-9-22-19(15)18;21-16-6-2-1-4-14(16)20(26)24-12-10-23(11-13-24)17-8-9-22-19-15(17)5-3-7-18(19)25(27)28;/h1-12H,(H,28,29);3*1-9H,10-13H2;1H4/b14-11+;;;;. The molecule has 580 valence electrons. The summed E-state index contributed by atoms with van der Waals surface area (Å²) in [5.74, 6) is -1.46. The zero-order valence-electron chi connectivity index (χ0n) is 60.1. The number of nitriles is 1. The number of non-ortho nitro benzene ring substituents is 3. The van der Waals surface area contributed by atoms with Gasteiger partial charge in [0, 0.05) is 176 Å². The largest absolute Gasteiger partial charge is 0.457 e. The first-order chi connectivity index (χ1) is 55.2. The van der Waals surface area contributed by atoms with E-state index in [0.29, 0.717) is 149 Å². The van der Waals surface area contributed by atoms with E-state index in [9.17, 15) is 63.6 Å². The molecule has 0 saturated carbocycles. The molecular formula is C84H68Cl3F2N15O11. The Morgan fingerprint density at radius 2 is 0.939 bits per heavy atom. The zero-order chi connectivity index (χ0) is 80.1. The first-order valence-electron chi connectivity index (χ1n) is 35.5. The van der Waals surface area contributed by atoms with E-state index < -0.39 is 32.3 Å². The van der Waals surface area contributed by atoms with Crippen LogP contribution in [-0.2, 0) is 4.79 Å². The second-order valence-electron chi connectivity index (χ2n) is 25.9. The average molecular weight is 1610 g/mol. The van der Waals surface area contributed by atoms with Crippen LogP contribution in [0, 0.1) is 53.3 Å². The lowest BCUT2D eigenvalue weighted by atomic mass is 10.1. The molecule has 5 aromatic heterocycles. The van der Waals surface area contributed by atoms with E-state index in [1.807, 2.05) is 46.2 Å². The number of carbonyl (C=O) groups is 4. The van der Waals surface area contributed by atoms with Gasteiger partial charge in [0.25, 0.3) is 40.7 Å². The van der Waals surface area contributed by atoms with E-state index in [1.165, 1.54) is 48.5 Å². The van der Waals surface area contributed by atoms with Crippen LogP contribution in [0.4, 0.5) is 48.6 Å². The Balaban J connectivity index is 0.000000141. The van der Waals surface area contributed by atoms with Crippen LogP contribution in [0.5, 0.6) is 0 Å². The quantitative estimate of drug-likeness (QED) is 0.0485. The number of para-hydroxylation sites is 1. The molecule has 3 fully saturated rings. The van der Waals surface area contributed by atoms with Crippen LogP contribution in [0.15, 0.2) is 241 Å². The highest BCUT2D eigenvalue weighted by atomic mass is 35.5. The number of rotatable bonds is 13. The van der Waals surface area contributed by atoms with Gasteiger partial charge in [0.2, 0.25) is 0 Å². The summed E-state index contributed by atoms with van der Waals surface area (Å²) in [6.07, 6.45) is 7.77. The third-order valence-corrected chi connectivity index (χ3v) is 20.0. The van der Waals surface area contributed by atoms with Gasteiger partial charge in [0.1, 0.15) is 51.3 Å². The molecule has 0 atom stereocenters. The number of nitrogens with zero attached hydrogens (tertiary/aromatic N) is 14. The Labute approximate surface area is 670 Å². The molecule has 0 unspecified atom stereocenters. The number of fused-ring (bicyclic) bond motifs is 4. The third-order valence-electron chi connectivity index (χ3n) is 19.2. The number of furan rings is 1. The number of carbonyl (C=O) groups excluding carboxylic acids is 4. The Morgan fingerprint density at radius 3 is 1.52 bits per heavy atom. The van der Waals surface area contributed by atoms with Gasteiger partial charge in [-0.05, 0) is 146 Å². The Hall–Kier alpha value is -13.9. The normalized spacial score (nSPS) is 13.4. The molecule has 31 heteroatoms. The second-order valence-corrected chi connectivity index (χ2v) is 27.2. The van der Waals surface area contributed by atoms with Gasteiger partial charge in [-0.2, -0.15) is 5.26 Å². The van der Waals surface area contributed by atoms with Crippen molar-refractivity contribution in [3.05, 3.63) is 316 Å². The van der Waals surface area contributed by atoms with E-state index in [0.717, 1.165) is 33.4 Å². The summed E-state index contributed by atoms with van der Waals surface area (Å²) in [6, 6.07) is 58.2. The number of hydrogen-bond acceptors (Lipinski definition) is 19. The zero-order valence-corrected chi connectivity index (χ0v) is 62.4. The Bertz CT molecular complexity index is 5820. The van der Waals surface area contributed by atoms with Crippen LogP contribution in [0.3, 0.4) is 0 Å². The molecule has 0 spiro atoms. The van der Waals surface area contributed by atoms with Crippen molar-refractivity contribution in [3.8, 4) is 17.4 Å². The van der Waals surface area contributed by atoms with E-state index in [4.69, 9.17) is 39.2 Å². The predicted molar refractivity (Wildman–Crippen MR) is 439 cm³/mol. The number of piperazine rings is 3. The van der Waals surface area contributed by atoms with Crippen molar-refractivity contribution in [1.82, 2.24) is 34.6 Å². The molecule has 3 saturated heterocycles. The smallest absolute Gasteiger partial charge is 0.295 e. The minimum absolute atomic E-state index is 0. The van der Waals surface area contributed by atoms with Crippen molar-refractivity contribution >= 4 is 148 Å². The summed E-state index contributed by atoms with van der Waals surface area (Å²) in [5.41, 5.74) is 6.36. The van der Waals surface area contributed by atoms with Crippen LogP contribution < -0.4 is 20.0 Å². The van der Waals surface area contributed by atoms with Crippen LogP contribution in [0.25, 0.3) is 61.0 Å². The number of pyridine rings is 4. The fourth-order valence-corrected chi connectivity index (χ4v) is 14.0. The van der Waals surface area contributed by atoms with Crippen molar-refractivity contribution in [1.29, 1.82) is 5.26 Å². The molecule has 13 aromatic rings. The number of anilines is 4. The van der Waals surface area contributed by atoms with Gasteiger partial charge < -0.3 is 39.1 Å². The van der Waals surface area contributed by atoms with Gasteiger partial charge in [-0.1, -0.05) is 84.7 Å². The number of nitro groups is 3. The minimum atomic E-state index is -0.549. The maximum Gasteiger partial charge on any atom is 0.295 e. The number of nitro benzene ring substituents is 3. The van der Waals surface area contributed by atoms with Crippen molar-refractivity contribution < 1.29 is 47.1 Å². The van der Waals surface area contributed by atoms with Gasteiger partial charge in [0.05, 0.1) is 53.2 Å². The van der Waals surface area contributed by atoms with Gasteiger partial charge in [-0.15, -0.1) is 0 Å². The van der Waals surface area contributed by atoms with Crippen molar-refractivity contribution in [3.63, 3.8) is 0 Å². The second kappa shape index (κ2) is 36.5. The fraction of sp³-hybridized carbons (Fsp3) is 0.155. The molecular weight excluding hydrogens is 1540 g/mol. The van der Waals surface area contributed by atoms with Gasteiger partial charge in [-0.25, -0.2) is 18.7 Å². The van der Waals surface area contributed by atoms with E-state index in [1.54, 1.807) is 168 Å². The molecule has 16 rings (SSSR count). The number of amides is 4. The molecule has 3 aliphatic heterocycles. The summed E-state index contributed by atoms with van der Waals surface area (Å²) in [7, 11) is 0. The highest BCUT2D eigenvalue weighted by molar-refractivity contribution is 6.35. The highest BCUT2D eigenvalue weighted by Gasteiger charge is 2.30. The Kier molecular flexibility index (Phi) is 25.6. The molecule has 0 bridgehead atoms.